The van der Waals surface area contributed by atoms with Crippen molar-refractivity contribution in [3.63, 3.8) is 0 Å². The van der Waals surface area contributed by atoms with Gasteiger partial charge in [-0.05, 0) is 58.4 Å². The Morgan fingerprint density at radius 1 is 1.32 bits per heavy atom. The largest absolute Gasteiger partial charge is 0.491 e. The highest BCUT2D eigenvalue weighted by atomic mass is 16.5. The van der Waals surface area contributed by atoms with Crippen LogP contribution in [0.1, 0.15) is 40.2 Å². The van der Waals surface area contributed by atoms with E-state index >= 15 is 0 Å². The summed E-state index contributed by atoms with van der Waals surface area (Å²) in [5, 5.41) is 2.88. The number of benzene rings is 1. The minimum absolute atomic E-state index is 0.0947. The quantitative estimate of drug-likeness (QED) is 0.844. The highest BCUT2D eigenvalue weighted by Crippen LogP contribution is 2.15. The maximum absolute atomic E-state index is 11.7. The van der Waals surface area contributed by atoms with Crippen LogP contribution in [0.25, 0.3) is 6.08 Å². The van der Waals surface area contributed by atoms with Crippen molar-refractivity contribution in [3.05, 3.63) is 35.9 Å². The summed E-state index contributed by atoms with van der Waals surface area (Å²) >= 11 is 0. The van der Waals surface area contributed by atoms with E-state index in [2.05, 4.69) is 5.32 Å². The molecular formula is C16H23NO2. The molecule has 0 aliphatic rings. The fourth-order valence-electron chi connectivity index (χ4n) is 1.55. The molecule has 3 nitrogen and oxygen atoms in total. The molecule has 1 amide bonds. The number of amides is 1. The first-order valence-corrected chi connectivity index (χ1v) is 6.53. The highest BCUT2D eigenvalue weighted by molar-refractivity contribution is 5.92. The van der Waals surface area contributed by atoms with Gasteiger partial charge in [-0.1, -0.05) is 12.1 Å². The fourth-order valence-corrected chi connectivity index (χ4v) is 1.55. The van der Waals surface area contributed by atoms with Gasteiger partial charge in [0.05, 0.1) is 6.10 Å². The van der Waals surface area contributed by atoms with E-state index in [9.17, 15) is 4.79 Å². The third-order valence-electron chi connectivity index (χ3n) is 2.16. The van der Waals surface area contributed by atoms with E-state index < -0.39 is 0 Å². The number of carbonyl (C=O) groups is 1. The molecule has 0 heterocycles. The first kappa shape index (κ1) is 15.3. The zero-order valence-electron chi connectivity index (χ0n) is 12.4. The highest BCUT2D eigenvalue weighted by Gasteiger charge is 2.11. The second-order valence-electron chi connectivity index (χ2n) is 5.81. The van der Waals surface area contributed by atoms with Crippen molar-refractivity contribution in [3.8, 4) is 5.75 Å². The first-order valence-electron chi connectivity index (χ1n) is 6.53. The minimum Gasteiger partial charge on any atom is -0.491 e. The Balaban J connectivity index is 2.69. The van der Waals surface area contributed by atoms with Crippen LogP contribution in [0.2, 0.25) is 0 Å². The molecule has 0 unspecified atom stereocenters. The molecule has 19 heavy (non-hydrogen) atoms. The summed E-state index contributed by atoms with van der Waals surface area (Å²) in [6, 6.07) is 7.68. The Morgan fingerprint density at radius 3 is 2.58 bits per heavy atom. The fraction of sp³-hybridized carbons (Fsp3) is 0.438. The van der Waals surface area contributed by atoms with Crippen LogP contribution in [-0.2, 0) is 4.79 Å². The summed E-state index contributed by atoms with van der Waals surface area (Å²) in [5.41, 5.74) is 0.728. The van der Waals surface area contributed by atoms with E-state index in [-0.39, 0.29) is 17.6 Å². The summed E-state index contributed by atoms with van der Waals surface area (Å²) in [6.45, 7) is 9.83. The van der Waals surface area contributed by atoms with Crippen LogP contribution in [0.4, 0.5) is 0 Å². The smallest absolute Gasteiger partial charge is 0.244 e. The predicted molar refractivity (Wildman–Crippen MR) is 79.1 cm³/mol. The first-order chi connectivity index (χ1) is 8.76. The molecule has 1 aromatic rings. The van der Waals surface area contributed by atoms with E-state index in [1.165, 1.54) is 0 Å². The van der Waals surface area contributed by atoms with Gasteiger partial charge in [0.2, 0.25) is 5.91 Å². The molecular weight excluding hydrogens is 238 g/mol. The molecule has 0 radical (unpaired) electrons. The van der Waals surface area contributed by atoms with Gasteiger partial charge < -0.3 is 10.1 Å². The summed E-state index contributed by atoms with van der Waals surface area (Å²) in [5.74, 6) is 0.719. The lowest BCUT2D eigenvalue weighted by Crippen LogP contribution is -2.39. The number of carbonyl (C=O) groups excluding carboxylic acids is 1. The number of hydrogen-bond donors (Lipinski definition) is 1. The molecule has 0 aliphatic heterocycles. The standard InChI is InChI=1S/C16H23NO2/c1-12(2)19-14-8-6-7-13(11-14)9-10-15(18)17-16(3,4)5/h6-12H,1-5H3,(H,17,18)/b10-9+. The molecule has 0 saturated carbocycles. The Kier molecular flexibility index (Phi) is 5.16. The lowest BCUT2D eigenvalue weighted by molar-refractivity contribution is -0.117. The third kappa shape index (κ3) is 6.65. The van der Waals surface area contributed by atoms with Gasteiger partial charge in [0.25, 0.3) is 0 Å². The molecule has 0 fully saturated rings. The molecule has 3 heteroatoms. The van der Waals surface area contributed by atoms with Crippen molar-refractivity contribution < 1.29 is 9.53 Å². The Morgan fingerprint density at radius 2 is 2.00 bits per heavy atom. The minimum atomic E-state index is -0.218. The van der Waals surface area contributed by atoms with Crippen LogP contribution in [-0.4, -0.2) is 17.6 Å². The average molecular weight is 261 g/mol. The van der Waals surface area contributed by atoms with E-state index in [0.717, 1.165) is 11.3 Å². The molecule has 1 aromatic carbocycles. The second kappa shape index (κ2) is 6.41. The van der Waals surface area contributed by atoms with Crippen molar-refractivity contribution in [2.45, 2.75) is 46.3 Å². The van der Waals surface area contributed by atoms with E-state index in [4.69, 9.17) is 4.74 Å². The summed E-state index contributed by atoms with van der Waals surface area (Å²) < 4.78 is 5.61. The maximum atomic E-state index is 11.7. The molecule has 0 saturated heterocycles. The van der Waals surface area contributed by atoms with Gasteiger partial charge >= 0.3 is 0 Å². The molecule has 1 N–H and O–H groups in total. The van der Waals surface area contributed by atoms with Crippen molar-refractivity contribution in [1.29, 1.82) is 0 Å². The van der Waals surface area contributed by atoms with Gasteiger partial charge in [-0.25, -0.2) is 0 Å². The average Bonchev–Trinajstić information content (AvgIpc) is 2.23. The molecule has 0 atom stereocenters. The number of nitrogens with one attached hydrogen (secondary N) is 1. The topological polar surface area (TPSA) is 38.3 Å². The van der Waals surface area contributed by atoms with Crippen LogP contribution in [0.5, 0.6) is 5.75 Å². The number of hydrogen-bond acceptors (Lipinski definition) is 2. The predicted octanol–water partition coefficient (Wildman–Crippen LogP) is 3.40. The van der Waals surface area contributed by atoms with E-state index in [1.54, 1.807) is 12.2 Å². The van der Waals surface area contributed by atoms with Gasteiger partial charge in [-0.3, -0.25) is 4.79 Å². The number of rotatable bonds is 4. The van der Waals surface area contributed by atoms with E-state index in [0.29, 0.717) is 0 Å². The monoisotopic (exact) mass is 261 g/mol. The van der Waals surface area contributed by atoms with Gasteiger partial charge in [-0.2, -0.15) is 0 Å². The Labute approximate surface area is 115 Å². The molecule has 0 aromatic heterocycles. The zero-order valence-corrected chi connectivity index (χ0v) is 12.4. The second-order valence-corrected chi connectivity index (χ2v) is 5.81. The van der Waals surface area contributed by atoms with Gasteiger partial charge in [0.1, 0.15) is 5.75 Å². The number of ether oxygens (including phenoxy) is 1. The normalized spacial score (nSPS) is 11.9. The van der Waals surface area contributed by atoms with Crippen LogP contribution in [0, 0.1) is 0 Å². The van der Waals surface area contributed by atoms with Crippen molar-refractivity contribution in [2.24, 2.45) is 0 Å². The van der Waals surface area contributed by atoms with Crippen LogP contribution < -0.4 is 10.1 Å². The maximum Gasteiger partial charge on any atom is 0.244 e. The third-order valence-corrected chi connectivity index (χ3v) is 2.16. The molecule has 104 valence electrons. The van der Waals surface area contributed by atoms with Gasteiger partial charge in [-0.15, -0.1) is 0 Å². The van der Waals surface area contributed by atoms with Crippen LogP contribution in [0.15, 0.2) is 30.3 Å². The molecule has 0 bridgehead atoms. The molecule has 1 rings (SSSR count). The SMILES string of the molecule is CC(C)Oc1cccc(/C=C/C(=O)NC(C)(C)C)c1. The Bertz CT molecular complexity index is 456. The van der Waals surface area contributed by atoms with Crippen LogP contribution in [0.3, 0.4) is 0 Å². The molecule has 0 aliphatic carbocycles. The summed E-state index contributed by atoms with van der Waals surface area (Å²) in [7, 11) is 0. The van der Waals surface area contributed by atoms with Crippen molar-refractivity contribution >= 4 is 12.0 Å². The van der Waals surface area contributed by atoms with Crippen molar-refractivity contribution in [2.75, 3.05) is 0 Å². The lowest BCUT2D eigenvalue weighted by Gasteiger charge is -2.18. The van der Waals surface area contributed by atoms with Crippen LogP contribution >= 0.6 is 0 Å². The van der Waals surface area contributed by atoms with Gasteiger partial charge in [0, 0.05) is 11.6 Å². The summed E-state index contributed by atoms with van der Waals surface area (Å²) in [6.07, 6.45) is 3.47. The van der Waals surface area contributed by atoms with Gasteiger partial charge in [0.15, 0.2) is 0 Å². The zero-order chi connectivity index (χ0) is 14.5. The van der Waals surface area contributed by atoms with E-state index in [1.807, 2.05) is 58.9 Å². The van der Waals surface area contributed by atoms with Crippen molar-refractivity contribution in [1.82, 2.24) is 5.32 Å². The Hall–Kier alpha value is -1.77. The summed E-state index contributed by atoms with van der Waals surface area (Å²) in [4.78, 5) is 11.7. The lowest BCUT2D eigenvalue weighted by atomic mass is 10.1. The molecule has 0 spiro atoms.